The fourth-order valence-electron chi connectivity index (χ4n) is 1.48. The van der Waals surface area contributed by atoms with Crippen molar-refractivity contribution >= 4 is 17.7 Å². The first-order chi connectivity index (χ1) is 6.16. The van der Waals surface area contributed by atoms with Gasteiger partial charge < -0.3 is 11.1 Å². The maximum absolute atomic E-state index is 11.1. The fourth-order valence-corrected chi connectivity index (χ4v) is 2.73. The molecule has 0 aromatic heterocycles. The lowest BCUT2D eigenvalue weighted by Gasteiger charge is -2.22. The van der Waals surface area contributed by atoms with Gasteiger partial charge in [-0.15, -0.1) is 0 Å². The standard InChI is InChI=1S/C9H18N2OS/c1-9(4-2-6-13-9)7-11-8(12)3-5-10/h2-7,10H2,1H3,(H,11,12). The van der Waals surface area contributed by atoms with Crippen molar-refractivity contribution in [2.75, 3.05) is 18.8 Å². The molecule has 0 aromatic carbocycles. The lowest BCUT2D eigenvalue weighted by atomic mass is 10.1. The van der Waals surface area contributed by atoms with E-state index in [0.717, 1.165) is 6.54 Å². The summed E-state index contributed by atoms with van der Waals surface area (Å²) in [6.07, 6.45) is 2.93. The molecule has 0 radical (unpaired) electrons. The van der Waals surface area contributed by atoms with E-state index < -0.39 is 0 Å². The van der Waals surface area contributed by atoms with Crippen LogP contribution in [0.4, 0.5) is 0 Å². The largest absolute Gasteiger partial charge is 0.355 e. The highest BCUT2D eigenvalue weighted by Gasteiger charge is 2.29. The molecule has 0 bridgehead atoms. The van der Waals surface area contributed by atoms with Gasteiger partial charge in [-0.1, -0.05) is 0 Å². The van der Waals surface area contributed by atoms with Crippen molar-refractivity contribution in [2.24, 2.45) is 5.73 Å². The first-order valence-electron chi connectivity index (χ1n) is 4.77. The molecule has 1 unspecified atom stereocenters. The normalized spacial score (nSPS) is 27.5. The summed E-state index contributed by atoms with van der Waals surface area (Å²) in [6, 6.07) is 0. The Bertz CT molecular complexity index is 178. The number of carbonyl (C=O) groups is 1. The van der Waals surface area contributed by atoms with Crippen LogP contribution in [0.25, 0.3) is 0 Å². The van der Waals surface area contributed by atoms with E-state index in [-0.39, 0.29) is 10.7 Å². The first kappa shape index (κ1) is 10.9. The van der Waals surface area contributed by atoms with Crippen LogP contribution in [0.15, 0.2) is 0 Å². The molecule has 0 aromatic rings. The van der Waals surface area contributed by atoms with Crippen molar-refractivity contribution in [3.05, 3.63) is 0 Å². The molecule has 1 aliphatic rings. The van der Waals surface area contributed by atoms with Crippen molar-refractivity contribution in [3.8, 4) is 0 Å². The number of nitrogens with one attached hydrogen (secondary N) is 1. The summed E-state index contributed by atoms with van der Waals surface area (Å²) >= 11 is 1.96. The summed E-state index contributed by atoms with van der Waals surface area (Å²) in [7, 11) is 0. The van der Waals surface area contributed by atoms with Crippen LogP contribution in [-0.2, 0) is 4.79 Å². The van der Waals surface area contributed by atoms with Gasteiger partial charge >= 0.3 is 0 Å². The monoisotopic (exact) mass is 202 g/mol. The van der Waals surface area contributed by atoms with Gasteiger partial charge in [-0.05, 0) is 25.5 Å². The van der Waals surface area contributed by atoms with Crippen LogP contribution >= 0.6 is 11.8 Å². The molecule has 4 heteroatoms. The van der Waals surface area contributed by atoms with E-state index in [9.17, 15) is 4.79 Å². The van der Waals surface area contributed by atoms with E-state index in [0.29, 0.717) is 13.0 Å². The summed E-state index contributed by atoms with van der Waals surface area (Å²) < 4.78 is 0.268. The average Bonchev–Trinajstić information content (AvgIpc) is 2.51. The second-order valence-electron chi connectivity index (χ2n) is 3.72. The lowest BCUT2D eigenvalue weighted by Crippen LogP contribution is -2.37. The van der Waals surface area contributed by atoms with Crippen LogP contribution in [0.1, 0.15) is 26.2 Å². The summed E-state index contributed by atoms with van der Waals surface area (Å²) in [5, 5.41) is 2.93. The van der Waals surface area contributed by atoms with Gasteiger partial charge in [-0.25, -0.2) is 0 Å². The molecule has 1 heterocycles. The highest BCUT2D eigenvalue weighted by Crippen LogP contribution is 2.36. The molecule has 0 saturated carbocycles. The maximum atomic E-state index is 11.1. The number of amides is 1. The Kier molecular flexibility index (Phi) is 4.06. The zero-order chi connectivity index (χ0) is 9.73. The molecule has 1 rings (SSSR count). The van der Waals surface area contributed by atoms with Crippen molar-refractivity contribution in [1.82, 2.24) is 5.32 Å². The van der Waals surface area contributed by atoms with Crippen LogP contribution in [0, 0.1) is 0 Å². The van der Waals surface area contributed by atoms with Crippen LogP contribution in [0.3, 0.4) is 0 Å². The third-order valence-corrected chi connectivity index (χ3v) is 3.87. The van der Waals surface area contributed by atoms with Crippen molar-refractivity contribution in [3.63, 3.8) is 0 Å². The summed E-state index contributed by atoms with van der Waals surface area (Å²) in [4.78, 5) is 11.1. The molecule has 3 nitrogen and oxygen atoms in total. The third kappa shape index (κ3) is 3.56. The maximum Gasteiger partial charge on any atom is 0.221 e. The van der Waals surface area contributed by atoms with Crippen molar-refractivity contribution in [1.29, 1.82) is 0 Å². The van der Waals surface area contributed by atoms with Crippen molar-refractivity contribution in [2.45, 2.75) is 30.9 Å². The van der Waals surface area contributed by atoms with E-state index in [4.69, 9.17) is 5.73 Å². The molecule has 1 fully saturated rings. The van der Waals surface area contributed by atoms with E-state index in [2.05, 4.69) is 12.2 Å². The number of rotatable bonds is 4. The second kappa shape index (κ2) is 4.86. The summed E-state index contributed by atoms with van der Waals surface area (Å²) in [5.41, 5.74) is 5.28. The summed E-state index contributed by atoms with van der Waals surface area (Å²) in [5.74, 6) is 1.31. The zero-order valence-corrected chi connectivity index (χ0v) is 8.95. The van der Waals surface area contributed by atoms with Gasteiger partial charge in [0.15, 0.2) is 0 Å². The fraction of sp³-hybridized carbons (Fsp3) is 0.889. The van der Waals surface area contributed by atoms with Crippen LogP contribution < -0.4 is 11.1 Å². The molecule has 1 amide bonds. The SMILES string of the molecule is CC1(CNC(=O)CCN)CCCS1. The predicted molar refractivity (Wildman–Crippen MR) is 56.8 cm³/mol. The van der Waals surface area contributed by atoms with Crippen molar-refractivity contribution < 1.29 is 4.79 Å². The van der Waals surface area contributed by atoms with E-state index >= 15 is 0 Å². The van der Waals surface area contributed by atoms with E-state index in [1.807, 2.05) is 11.8 Å². The van der Waals surface area contributed by atoms with Crippen LogP contribution in [0.2, 0.25) is 0 Å². The highest BCUT2D eigenvalue weighted by molar-refractivity contribution is 8.00. The Morgan fingerprint density at radius 1 is 1.69 bits per heavy atom. The molecule has 76 valence electrons. The van der Waals surface area contributed by atoms with E-state index in [1.54, 1.807) is 0 Å². The lowest BCUT2D eigenvalue weighted by molar-refractivity contribution is -0.120. The zero-order valence-electron chi connectivity index (χ0n) is 8.14. The number of hydrogen-bond donors (Lipinski definition) is 2. The molecule has 3 N–H and O–H groups in total. The van der Waals surface area contributed by atoms with Crippen LogP contribution in [0.5, 0.6) is 0 Å². The minimum absolute atomic E-state index is 0.0798. The Morgan fingerprint density at radius 3 is 3.00 bits per heavy atom. The first-order valence-corrected chi connectivity index (χ1v) is 5.75. The Hall–Kier alpha value is -0.220. The second-order valence-corrected chi connectivity index (χ2v) is 5.40. The number of hydrogen-bond acceptors (Lipinski definition) is 3. The van der Waals surface area contributed by atoms with Gasteiger partial charge in [-0.3, -0.25) is 4.79 Å². The Morgan fingerprint density at radius 2 is 2.46 bits per heavy atom. The van der Waals surface area contributed by atoms with Gasteiger partial charge in [0.25, 0.3) is 0 Å². The highest BCUT2D eigenvalue weighted by atomic mass is 32.2. The van der Waals surface area contributed by atoms with Crippen LogP contribution in [-0.4, -0.2) is 29.5 Å². The third-order valence-electron chi connectivity index (χ3n) is 2.33. The topological polar surface area (TPSA) is 55.1 Å². The van der Waals surface area contributed by atoms with Gasteiger partial charge in [-0.2, -0.15) is 11.8 Å². The average molecular weight is 202 g/mol. The molecule has 0 spiro atoms. The van der Waals surface area contributed by atoms with Gasteiger partial charge in [0.1, 0.15) is 0 Å². The van der Waals surface area contributed by atoms with Gasteiger partial charge in [0.2, 0.25) is 5.91 Å². The quantitative estimate of drug-likeness (QED) is 0.707. The molecular weight excluding hydrogens is 184 g/mol. The Balaban J connectivity index is 2.21. The Labute approximate surface area is 83.8 Å². The molecule has 13 heavy (non-hydrogen) atoms. The molecule has 1 saturated heterocycles. The van der Waals surface area contributed by atoms with Gasteiger partial charge in [0, 0.05) is 24.3 Å². The number of thioether (sulfide) groups is 1. The number of nitrogens with two attached hydrogens (primary N) is 1. The van der Waals surface area contributed by atoms with Gasteiger partial charge in [0.05, 0.1) is 0 Å². The minimum atomic E-state index is 0.0798. The molecule has 1 atom stereocenters. The number of carbonyl (C=O) groups excluding carboxylic acids is 1. The molecule has 1 aliphatic heterocycles. The minimum Gasteiger partial charge on any atom is -0.355 e. The van der Waals surface area contributed by atoms with E-state index in [1.165, 1.54) is 18.6 Å². The molecule has 0 aliphatic carbocycles. The summed E-state index contributed by atoms with van der Waals surface area (Å²) in [6.45, 7) is 3.44. The smallest absolute Gasteiger partial charge is 0.221 e. The predicted octanol–water partition coefficient (Wildman–Crippen LogP) is 0.737. The molecular formula is C9H18N2OS.